The number of methoxy groups -OCH3 is 1. The van der Waals surface area contributed by atoms with Gasteiger partial charge in [0.1, 0.15) is 0 Å². The summed E-state index contributed by atoms with van der Waals surface area (Å²) in [6, 6.07) is 2.61. The van der Waals surface area contributed by atoms with Gasteiger partial charge in [-0.1, -0.05) is 11.6 Å². The Morgan fingerprint density at radius 1 is 1.48 bits per heavy atom. The molecule has 0 saturated heterocycles. The van der Waals surface area contributed by atoms with Gasteiger partial charge in [-0.05, 0) is 40.9 Å². The normalized spacial score (nSPS) is 21.7. The van der Waals surface area contributed by atoms with Crippen molar-refractivity contribution in [1.29, 1.82) is 0 Å². The Morgan fingerprint density at radius 2 is 2.10 bits per heavy atom. The van der Waals surface area contributed by atoms with Crippen molar-refractivity contribution in [3.8, 4) is 0 Å². The Hall–Kier alpha value is -0.670. The molecule has 0 spiro atoms. The number of carbonyl (C=O) groups excluding carboxylic acids is 1. The summed E-state index contributed by atoms with van der Waals surface area (Å²) in [7, 11) is -2.36. The second-order valence-corrected chi connectivity index (χ2v) is 7.54. The van der Waals surface area contributed by atoms with Crippen molar-refractivity contribution < 1.29 is 17.9 Å². The number of nitrogens with one attached hydrogen (secondary N) is 1. The molecular weight excluding hydrogens is 384 g/mol. The van der Waals surface area contributed by atoms with Crippen molar-refractivity contribution >= 4 is 43.5 Å². The molecule has 0 bridgehead atoms. The fraction of sp³-hybridized carbons (Fsp3) is 0.417. The minimum absolute atomic E-state index is 0.0165. The molecule has 0 aliphatic heterocycles. The number of sulfonamides is 1. The molecule has 1 fully saturated rings. The molecule has 9 heteroatoms. The van der Waals surface area contributed by atoms with E-state index in [1.165, 1.54) is 12.1 Å². The molecule has 0 atom stereocenters. The van der Waals surface area contributed by atoms with Crippen LogP contribution in [0.5, 0.6) is 0 Å². The molecule has 0 aromatic heterocycles. The Bertz CT molecular complexity index is 674. The molecule has 2 rings (SSSR count). The van der Waals surface area contributed by atoms with E-state index >= 15 is 0 Å². The number of primary sulfonamides is 1. The summed E-state index contributed by atoms with van der Waals surface area (Å²) in [5.74, 6) is -0.395. The maximum absolute atomic E-state index is 12.1. The molecule has 0 radical (unpaired) electrons. The number of nitrogens with two attached hydrogens (primary N) is 1. The minimum Gasteiger partial charge on any atom is -0.381 e. The summed E-state index contributed by atoms with van der Waals surface area (Å²) in [6.45, 7) is 0. The van der Waals surface area contributed by atoms with Gasteiger partial charge in [0, 0.05) is 18.7 Å². The van der Waals surface area contributed by atoms with Crippen LogP contribution in [0.15, 0.2) is 21.5 Å². The van der Waals surface area contributed by atoms with E-state index in [-0.39, 0.29) is 32.1 Å². The van der Waals surface area contributed by atoms with Crippen LogP contribution in [0.25, 0.3) is 0 Å². The fourth-order valence-electron chi connectivity index (χ4n) is 2.05. The van der Waals surface area contributed by atoms with Crippen LogP contribution in [0.3, 0.4) is 0 Å². The van der Waals surface area contributed by atoms with Gasteiger partial charge in [-0.3, -0.25) is 4.79 Å². The summed E-state index contributed by atoms with van der Waals surface area (Å²) in [4.78, 5) is 11.9. The molecule has 1 aromatic carbocycles. The lowest BCUT2D eigenvalue weighted by molar-refractivity contribution is 0.0176. The van der Waals surface area contributed by atoms with E-state index in [9.17, 15) is 13.2 Å². The summed E-state index contributed by atoms with van der Waals surface area (Å²) in [6.07, 6.45) is 1.62. The first kappa shape index (κ1) is 16.7. The lowest BCUT2D eigenvalue weighted by atomic mass is 9.89. The number of amides is 1. The van der Waals surface area contributed by atoms with Crippen molar-refractivity contribution in [3.63, 3.8) is 0 Å². The number of hydrogen-bond donors (Lipinski definition) is 2. The maximum Gasteiger partial charge on any atom is 0.251 e. The van der Waals surface area contributed by atoms with Gasteiger partial charge in [0.05, 0.1) is 20.5 Å². The number of benzene rings is 1. The summed E-state index contributed by atoms with van der Waals surface area (Å²) >= 11 is 8.99. The van der Waals surface area contributed by atoms with Crippen LogP contribution in [-0.2, 0) is 14.8 Å². The van der Waals surface area contributed by atoms with Gasteiger partial charge in [-0.2, -0.15) is 0 Å². The minimum atomic E-state index is -3.98. The lowest BCUT2D eigenvalue weighted by Gasteiger charge is -2.34. The van der Waals surface area contributed by atoms with Gasteiger partial charge >= 0.3 is 0 Å². The Labute approximate surface area is 136 Å². The predicted octanol–water partition coefficient (Wildman–Crippen LogP) is 1.66. The standard InChI is InChI=1S/C12H14BrClN2O4S/c1-20-8-4-7(5-8)16-12(17)6-2-9(14)11(13)10(3-6)21(15,18)19/h2-3,7-8H,4-5H2,1H3,(H,16,17)(H2,15,18,19). The van der Waals surface area contributed by atoms with Gasteiger partial charge in [0.15, 0.2) is 0 Å². The average Bonchev–Trinajstić information content (AvgIpc) is 2.34. The third-order valence-electron chi connectivity index (χ3n) is 3.33. The molecule has 6 nitrogen and oxygen atoms in total. The van der Waals surface area contributed by atoms with E-state index in [4.69, 9.17) is 21.5 Å². The first-order chi connectivity index (χ1) is 9.72. The van der Waals surface area contributed by atoms with Crippen LogP contribution in [0.4, 0.5) is 0 Å². The van der Waals surface area contributed by atoms with Crippen molar-refractivity contribution in [2.45, 2.75) is 29.9 Å². The molecule has 0 heterocycles. The van der Waals surface area contributed by atoms with E-state index in [2.05, 4.69) is 21.2 Å². The molecular formula is C12H14BrClN2O4S. The van der Waals surface area contributed by atoms with E-state index in [0.717, 1.165) is 12.8 Å². The highest BCUT2D eigenvalue weighted by molar-refractivity contribution is 9.10. The zero-order valence-corrected chi connectivity index (χ0v) is 14.3. The zero-order valence-electron chi connectivity index (χ0n) is 11.1. The largest absolute Gasteiger partial charge is 0.381 e. The van der Waals surface area contributed by atoms with E-state index < -0.39 is 15.9 Å². The molecule has 1 aliphatic carbocycles. The summed E-state index contributed by atoms with van der Waals surface area (Å²) in [5, 5.41) is 8.01. The highest BCUT2D eigenvalue weighted by Gasteiger charge is 2.30. The highest BCUT2D eigenvalue weighted by Crippen LogP contribution is 2.31. The number of ether oxygens (including phenoxy) is 1. The van der Waals surface area contributed by atoms with E-state index in [1.54, 1.807) is 7.11 Å². The number of hydrogen-bond acceptors (Lipinski definition) is 4. The number of halogens is 2. The average molecular weight is 398 g/mol. The van der Waals surface area contributed by atoms with Crippen LogP contribution in [0.2, 0.25) is 5.02 Å². The highest BCUT2D eigenvalue weighted by atomic mass is 79.9. The van der Waals surface area contributed by atoms with Gasteiger partial charge in [-0.25, -0.2) is 13.6 Å². The van der Waals surface area contributed by atoms with Crippen molar-refractivity contribution in [1.82, 2.24) is 5.32 Å². The number of carbonyl (C=O) groups is 1. The summed E-state index contributed by atoms with van der Waals surface area (Å²) in [5.41, 5.74) is 0.146. The van der Waals surface area contributed by atoms with Crippen LogP contribution >= 0.6 is 27.5 Å². The lowest BCUT2D eigenvalue weighted by Crippen LogP contribution is -2.47. The van der Waals surface area contributed by atoms with Gasteiger partial charge < -0.3 is 10.1 Å². The molecule has 1 amide bonds. The molecule has 0 unspecified atom stereocenters. The van der Waals surface area contributed by atoms with Crippen LogP contribution in [0, 0.1) is 0 Å². The first-order valence-corrected chi connectivity index (χ1v) is 8.79. The van der Waals surface area contributed by atoms with Gasteiger partial charge in [-0.15, -0.1) is 0 Å². The predicted molar refractivity (Wildman–Crippen MR) is 81.8 cm³/mol. The van der Waals surface area contributed by atoms with Crippen LogP contribution in [-0.4, -0.2) is 33.6 Å². The topological polar surface area (TPSA) is 98.5 Å². The maximum atomic E-state index is 12.1. The third-order valence-corrected chi connectivity index (χ3v) is 5.91. The molecule has 116 valence electrons. The Kier molecular flexibility index (Phi) is 4.94. The smallest absolute Gasteiger partial charge is 0.251 e. The fourth-order valence-corrected chi connectivity index (χ4v) is 3.88. The number of rotatable bonds is 4. The second-order valence-electron chi connectivity index (χ2n) is 4.81. The van der Waals surface area contributed by atoms with E-state index in [0.29, 0.717) is 0 Å². The first-order valence-electron chi connectivity index (χ1n) is 6.08. The Morgan fingerprint density at radius 3 is 2.62 bits per heavy atom. The SMILES string of the molecule is COC1CC(NC(=O)c2cc(Cl)c(Br)c(S(N)(=O)=O)c2)C1. The van der Waals surface area contributed by atoms with Crippen molar-refractivity contribution in [2.24, 2.45) is 5.14 Å². The summed E-state index contributed by atoms with van der Waals surface area (Å²) < 4.78 is 28.3. The quantitative estimate of drug-likeness (QED) is 0.807. The van der Waals surface area contributed by atoms with Gasteiger partial charge in [0.25, 0.3) is 5.91 Å². The van der Waals surface area contributed by atoms with Crippen molar-refractivity contribution in [2.75, 3.05) is 7.11 Å². The molecule has 1 saturated carbocycles. The van der Waals surface area contributed by atoms with Crippen LogP contribution in [0.1, 0.15) is 23.2 Å². The monoisotopic (exact) mass is 396 g/mol. The van der Waals surface area contributed by atoms with Crippen molar-refractivity contribution in [3.05, 3.63) is 27.2 Å². The molecule has 1 aromatic rings. The van der Waals surface area contributed by atoms with Gasteiger partial charge in [0.2, 0.25) is 10.0 Å². The molecule has 3 N–H and O–H groups in total. The second kappa shape index (κ2) is 6.21. The molecule has 1 aliphatic rings. The third kappa shape index (κ3) is 3.75. The Balaban J connectivity index is 2.20. The zero-order chi connectivity index (χ0) is 15.8. The van der Waals surface area contributed by atoms with E-state index in [1.807, 2.05) is 0 Å². The van der Waals surface area contributed by atoms with Crippen LogP contribution < -0.4 is 10.5 Å². The molecule has 21 heavy (non-hydrogen) atoms.